The number of carbonyl (C=O) groups excluding carboxylic acids is 3. The third kappa shape index (κ3) is 65.6. The fourth-order valence-corrected chi connectivity index (χ4v) is 4.77. The molecule has 0 spiro atoms. The summed E-state index contributed by atoms with van der Waals surface area (Å²) in [5, 5.41) is 28.8. The van der Waals surface area contributed by atoms with Crippen LogP contribution in [0.2, 0.25) is 0 Å². The highest BCUT2D eigenvalue weighted by molar-refractivity contribution is 8.24. The quantitative estimate of drug-likeness (QED) is 0.0139. The SMILES string of the molecule is C.CC.CC.CC#N.CC(=O)CCl.CCO.CNC(=S)N=CN(C)C.CNC(N)=S.CNc1ncc(-c2ccnc(=O)[nH]2)s1.CNc1ncc(C(=O)/C=C/N(C)C)s1.CNc1ncc(C(C)=O)s1.O=P(Cl)(Cl)Cl. The number of thiazole rings is 3. The van der Waals surface area contributed by atoms with Gasteiger partial charge in [-0.1, -0.05) is 69.1 Å². The number of nitrogens with zero attached hydrogens (tertiary/aromatic N) is 8. The van der Waals surface area contributed by atoms with Gasteiger partial charge < -0.3 is 52.2 Å². The van der Waals surface area contributed by atoms with Gasteiger partial charge in [-0.05, 0) is 78.1 Å². The van der Waals surface area contributed by atoms with Crippen molar-refractivity contribution in [2.45, 2.75) is 62.8 Å². The molecule has 0 atom stereocenters. The summed E-state index contributed by atoms with van der Waals surface area (Å²) in [6, 6.07) is 3.49. The standard InChI is InChI=1S/C9H13N3OS.C8H8N4OS.C6H8N2OS.C5H11N3S.C3H5ClO.C2H6N2S.C2H3N.C2H6O.2C2H6.CH4.Cl3OP/c1-10-9-11-6-8(14-9)7(13)4-5-12(2)3;1-9-8-11-4-6(14-8)5-2-3-10-7(13)12-5;1-4(9)5-3-8-6(7-2)10-5;1-6-5(9)7-4-8(2)3;1-3(5)2-4;1-4-2(3)5;2*1-2-3;2*1-2;;1-5(2,3)4/h4-6H,1-3H3,(H,10,11);2-4H,1H3,(H,9,11)(H,10,12,13);3H,1-2H3,(H,7,8);4H,1-3H3,(H,6,9);2H2,1H3;1H3,(H3,3,4,5);1H3;3H,2H2,1H3;2*1-2H3;1H4;/b5-4+;;;;;;;;;;;. The van der Waals surface area contributed by atoms with Crippen molar-refractivity contribution in [1.82, 2.24) is 45.4 Å². The number of hydrogen-bond donors (Lipinski definition) is 8. The number of allylic oxidation sites excluding steroid dienone is 1. The summed E-state index contributed by atoms with van der Waals surface area (Å²) < 4.78 is 9.51. The fraction of sp³-hybridized carbons (Fsp3) is 0.476. The first-order valence-electron chi connectivity index (χ1n) is 20.6. The van der Waals surface area contributed by atoms with Crippen molar-refractivity contribution < 1.29 is 24.1 Å². The van der Waals surface area contributed by atoms with Crippen LogP contribution in [0, 0.1) is 11.3 Å². The molecule has 4 aromatic heterocycles. The Morgan fingerprint density at radius 1 is 0.863 bits per heavy atom. The number of aliphatic hydroxyl groups excluding tert-OH is 1. The minimum Gasteiger partial charge on any atom is -0.397 e. The van der Waals surface area contributed by atoms with Gasteiger partial charge in [-0.25, -0.2) is 29.7 Å². The smallest absolute Gasteiger partial charge is 0.345 e. The van der Waals surface area contributed by atoms with Crippen molar-refractivity contribution >= 4 is 158 Å². The molecule has 9 N–H and O–H groups in total. The summed E-state index contributed by atoms with van der Waals surface area (Å²) in [7, 11) is 16.3. The van der Waals surface area contributed by atoms with E-state index in [1.807, 2.05) is 65.7 Å². The van der Waals surface area contributed by atoms with Crippen LogP contribution in [0.1, 0.15) is 82.2 Å². The molecule has 0 amide bonds. The first-order chi connectivity index (χ1) is 33.7. The Bertz CT molecular complexity index is 2200. The highest BCUT2D eigenvalue weighted by Gasteiger charge is 2.07. The largest absolute Gasteiger partial charge is 0.397 e. The number of thiocarbonyl (C=S) groups is 2. The van der Waals surface area contributed by atoms with Gasteiger partial charge in [0.05, 0.1) is 51.0 Å². The number of aromatic nitrogens is 5. The number of aliphatic hydroxyl groups is 1. The van der Waals surface area contributed by atoms with Gasteiger partial charge in [0.1, 0.15) is 5.78 Å². The number of rotatable bonds is 10. The van der Waals surface area contributed by atoms with Gasteiger partial charge in [0.25, 0.3) is 0 Å². The first-order valence-corrected chi connectivity index (χ1v) is 28.8. The molecule has 21 nitrogen and oxygen atoms in total. The topological polar surface area (TPSA) is 302 Å². The van der Waals surface area contributed by atoms with Crippen molar-refractivity contribution in [3.63, 3.8) is 0 Å². The Hall–Kier alpha value is -4.39. The number of carbonyl (C=O) groups is 3. The van der Waals surface area contributed by atoms with E-state index in [9.17, 15) is 23.7 Å². The van der Waals surface area contributed by atoms with E-state index in [-0.39, 0.29) is 43.0 Å². The third-order valence-electron chi connectivity index (χ3n) is 5.27. The molecule has 4 rings (SSSR count). The van der Waals surface area contributed by atoms with Gasteiger partial charge in [0.2, 0.25) is 0 Å². The van der Waals surface area contributed by atoms with Crippen LogP contribution in [-0.2, 0) is 9.36 Å². The van der Waals surface area contributed by atoms with E-state index >= 15 is 0 Å². The average molecular weight is 1220 g/mol. The number of aromatic amines is 1. The van der Waals surface area contributed by atoms with Crippen LogP contribution < -0.4 is 38.0 Å². The monoisotopic (exact) mass is 1220 g/mol. The number of alkyl halides is 1. The van der Waals surface area contributed by atoms with Crippen LogP contribution >= 0.6 is 109 Å². The Morgan fingerprint density at radius 3 is 1.53 bits per heavy atom. The molecule has 0 aromatic carbocycles. The number of Topliss-reactive ketones (excluding diaryl/α,β-unsaturated/α-hetero) is 2. The number of nitrogens with one attached hydrogen (secondary N) is 6. The molecular formula is C42H76Cl4N15O6PS5. The molecule has 31 heteroatoms. The van der Waals surface area contributed by atoms with E-state index in [0.717, 1.165) is 26.0 Å². The Balaban J connectivity index is -0.000000112. The summed E-state index contributed by atoms with van der Waals surface area (Å²) in [4.78, 5) is 70.9. The molecule has 0 fully saturated rings. The Labute approximate surface area is 475 Å². The van der Waals surface area contributed by atoms with Gasteiger partial charge in [-0.3, -0.25) is 18.9 Å². The molecule has 0 aliphatic rings. The maximum atomic E-state index is 11.5. The molecule has 0 aliphatic carbocycles. The number of nitrogens with two attached hydrogens (primary N) is 1. The van der Waals surface area contributed by atoms with Crippen LogP contribution in [0.15, 0.2) is 52.9 Å². The molecule has 0 unspecified atom stereocenters. The van der Waals surface area contributed by atoms with E-state index in [2.05, 4.69) is 102 Å². The molecule has 418 valence electrons. The zero-order valence-electron chi connectivity index (χ0n) is 43.7. The molecular weight excluding hydrogens is 1140 g/mol. The summed E-state index contributed by atoms with van der Waals surface area (Å²) in [6.45, 7) is 14.3. The van der Waals surface area contributed by atoms with Gasteiger partial charge in [-0.15, -0.1) is 11.6 Å². The molecule has 0 bridgehead atoms. The lowest BCUT2D eigenvalue weighted by Crippen LogP contribution is -2.24. The average Bonchev–Trinajstić information content (AvgIpc) is 4.15. The van der Waals surface area contributed by atoms with E-state index in [0.29, 0.717) is 20.0 Å². The van der Waals surface area contributed by atoms with Crippen molar-refractivity contribution in [3.8, 4) is 16.6 Å². The van der Waals surface area contributed by atoms with Crippen molar-refractivity contribution in [2.75, 3.05) is 91.9 Å². The highest BCUT2D eigenvalue weighted by atomic mass is 36.0. The predicted molar refractivity (Wildman–Crippen MR) is 326 cm³/mol. The maximum absolute atomic E-state index is 11.5. The summed E-state index contributed by atoms with van der Waals surface area (Å²) in [5.41, 5.74) is 5.31. The Kier molecular flexibility index (Phi) is 68.4. The molecule has 0 radical (unpaired) electrons. The maximum Gasteiger partial charge on any atom is 0.345 e. The van der Waals surface area contributed by atoms with E-state index < -0.39 is 5.20 Å². The number of hydrogen-bond acceptors (Lipinski definition) is 20. The second-order valence-corrected chi connectivity index (χ2v) is 22.3. The van der Waals surface area contributed by atoms with Gasteiger partial charge in [0, 0.05) is 109 Å². The Morgan fingerprint density at radius 2 is 1.25 bits per heavy atom. The normalized spacial score (nSPS) is 8.73. The van der Waals surface area contributed by atoms with E-state index in [1.165, 1.54) is 67.1 Å². The number of anilines is 3. The van der Waals surface area contributed by atoms with Crippen LogP contribution in [0.4, 0.5) is 15.4 Å². The molecule has 4 heterocycles. The minimum atomic E-state index is -3.22. The molecule has 0 saturated heterocycles. The summed E-state index contributed by atoms with van der Waals surface area (Å²) >= 11 is 32.1. The van der Waals surface area contributed by atoms with Crippen molar-refractivity contribution in [1.29, 1.82) is 5.26 Å². The predicted octanol–water partition coefficient (Wildman–Crippen LogP) is 10.1. The second-order valence-electron chi connectivity index (χ2n) is 11.5. The lowest BCUT2D eigenvalue weighted by atomic mass is 10.3. The van der Waals surface area contributed by atoms with E-state index in [1.54, 1.807) is 85.4 Å². The molecule has 0 aliphatic heterocycles. The zero-order chi connectivity index (χ0) is 57.8. The number of nitriles is 1. The van der Waals surface area contributed by atoms with Crippen LogP contribution in [0.25, 0.3) is 10.6 Å². The highest BCUT2D eigenvalue weighted by Crippen LogP contribution is 2.61. The molecule has 73 heavy (non-hydrogen) atoms. The third-order valence-corrected chi connectivity index (χ3v) is 9.35. The van der Waals surface area contributed by atoms with Crippen LogP contribution in [-0.4, -0.2) is 150 Å². The number of H-pyrrole nitrogens is 1. The number of ketones is 3. The summed E-state index contributed by atoms with van der Waals surface area (Å²) in [6.07, 6.45) is 11.3. The zero-order valence-corrected chi connectivity index (χ0v) is 51.7. The number of aliphatic imine (C=N–C) groups is 1. The molecule has 0 saturated carbocycles. The number of halogens is 4. The van der Waals surface area contributed by atoms with Crippen LogP contribution in [0.3, 0.4) is 0 Å². The van der Waals surface area contributed by atoms with Gasteiger partial charge in [-0.2, -0.15) is 5.26 Å². The molecule has 4 aromatic rings. The second kappa shape index (κ2) is 58.5. The lowest BCUT2D eigenvalue weighted by Gasteiger charge is -2.01. The lowest BCUT2D eigenvalue weighted by molar-refractivity contribution is -0.114. The van der Waals surface area contributed by atoms with Gasteiger partial charge in [0.15, 0.2) is 37.2 Å². The van der Waals surface area contributed by atoms with Crippen molar-refractivity contribution in [3.05, 3.63) is 63.4 Å². The van der Waals surface area contributed by atoms with E-state index in [4.69, 9.17) is 39.9 Å². The first kappa shape index (κ1) is 85.4. The summed E-state index contributed by atoms with van der Waals surface area (Å²) in [5.74, 6) is 0.211. The van der Waals surface area contributed by atoms with Gasteiger partial charge >= 0.3 is 10.9 Å². The van der Waals surface area contributed by atoms with Crippen LogP contribution in [0.5, 0.6) is 0 Å². The fourth-order valence-electron chi connectivity index (χ4n) is 2.61. The minimum absolute atomic E-state index is 0. The van der Waals surface area contributed by atoms with Crippen molar-refractivity contribution in [2.24, 2.45) is 10.7 Å².